The van der Waals surface area contributed by atoms with Gasteiger partial charge in [-0.25, -0.2) is 0 Å². The van der Waals surface area contributed by atoms with Crippen LogP contribution in [0.5, 0.6) is 0 Å². The van der Waals surface area contributed by atoms with Crippen LogP contribution < -0.4 is 0 Å². The molecule has 1 aliphatic heterocycles. The van der Waals surface area contributed by atoms with Gasteiger partial charge in [-0.1, -0.05) is 13.8 Å². The topological polar surface area (TPSA) is 76.1 Å². The number of ketones is 1. The monoisotopic (exact) mass is 489 g/mol. The number of aliphatic hydroxyl groups excluding tert-OH is 1. The number of Topliss-reactive ketones (excluding diaryl/α,β-unsaturated/α-hetero) is 1. The summed E-state index contributed by atoms with van der Waals surface area (Å²) in [6.45, 7) is 9.88. The highest BCUT2D eigenvalue weighted by molar-refractivity contribution is 5.86. The second-order valence-corrected chi connectivity index (χ2v) is 12.9. The number of aliphatic hydroxyl groups is 1. The van der Waals surface area contributed by atoms with Crippen molar-refractivity contribution in [1.29, 1.82) is 0 Å². The zero-order valence-electron chi connectivity index (χ0n) is 22.0. The second kappa shape index (κ2) is 10.4. The van der Waals surface area contributed by atoms with Gasteiger partial charge in [-0.3, -0.25) is 14.5 Å². The maximum atomic E-state index is 13.7. The fraction of sp³-hybridized carbons (Fsp3) is 0.931. The number of hydrogen-bond acceptors (Lipinski definition) is 6. The van der Waals surface area contributed by atoms with Crippen LogP contribution in [0.25, 0.3) is 0 Å². The third kappa shape index (κ3) is 4.84. The minimum atomic E-state index is -0.247. The summed E-state index contributed by atoms with van der Waals surface area (Å²) in [5.41, 5.74) is -0.219. The SMILES string of the molecule is C[C@]12CC[C@@H](O)C[C@@H]1CC[C@H]1[C@@H]3CC[C@H](C(=O)OCCCCCN4CCOCC4)[C@@]3(C)CC(=O)[C@@H]12. The minimum absolute atomic E-state index is 0.0282. The molecule has 8 atom stereocenters. The lowest BCUT2D eigenvalue weighted by atomic mass is 9.44. The summed E-state index contributed by atoms with van der Waals surface area (Å²) in [6.07, 6.45) is 10.2. The standard InChI is InChI=1S/C29H47NO5/c1-28-11-10-21(31)18-20(28)6-7-22-23-8-9-24(29(23,2)19-25(32)26(22)28)27(33)35-15-5-3-4-12-30-13-16-34-17-14-30/h20-24,26,31H,3-19H2,1-2H3/t20-,21+,22-,23-,24+,26+,28-,29-/m0/s1. The van der Waals surface area contributed by atoms with Crippen molar-refractivity contribution >= 4 is 11.8 Å². The second-order valence-electron chi connectivity index (χ2n) is 12.9. The quantitative estimate of drug-likeness (QED) is 0.426. The molecule has 5 fully saturated rings. The van der Waals surface area contributed by atoms with Crippen LogP contribution in [0, 0.1) is 40.4 Å². The number of esters is 1. The Kier molecular flexibility index (Phi) is 7.63. The van der Waals surface area contributed by atoms with Gasteiger partial charge in [0.25, 0.3) is 0 Å². The van der Waals surface area contributed by atoms with E-state index in [1.54, 1.807) is 0 Å². The van der Waals surface area contributed by atoms with Gasteiger partial charge in [0.2, 0.25) is 0 Å². The van der Waals surface area contributed by atoms with Gasteiger partial charge in [0.1, 0.15) is 5.78 Å². The molecule has 0 unspecified atom stereocenters. The molecule has 0 bridgehead atoms. The Morgan fingerprint density at radius 1 is 1.06 bits per heavy atom. The van der Waals surface area contributed by atoms with Crippen LogP contribution in [-0.4, -0.2) is 67.3 Å². The lowest BCUT2D eigenvalue weighted by Crippen LogP contribution is -2.58. The zero-order valence-corrected chi connectivity index (χ0v) is 22.0. The van der Waals surface area contributed by atoms with Crippen LogP contribution in [-0.2, 0) is 19.1 Å². The fourth-order valence-electron chi connectivity index (χ4n) is 9.15. The van der Waals surface area contributed by atoms with Crippen molar-refractivity contribution in [2.75, 3.05) is 39.5 Å². The number of hydrogen-bond donors (Lipinski definition) is 1. The van der Waals surface area contributed by atoms with Gasteiger partial charge in [0.05, 0.1) is 31.8 Å². The van der Waals surface area contributed by atoms with Crippen LogP contribution in [0.1, 0.15) is 84.5 Å². The van der Waals surface area contributed by atoms with Gasteiger partial charge >= 0.3 is 5.97 Å². The average molecular weight is 490 g/mol. The minimum Gasteiger partial charge on any atom is -0.465 e. The van der Waals surface area contributed by atoms with Crippen molar-refractivity contribution in [2.24, 2.45) is 40.4 Å². The van der Waals surface area contributed by atoms with E-state index in [0.29, 0.717) is 36.6 Å². The highest BCUT2D eigenvalue weighted by atomic mass is 16.5. The molecule has 1 heterocycles. The first-order valence-electron chi connectivity index (χ1n) is 14.5. The number of carbonyl (C=O) groups is 2. The lowest BCUT2D eigenvalue weighted by Gasteiger charge is -2.59. The maximum Gasteiger partial charge on any atom is 0.309 e. The van der Waals surface area contributed by atoms with E-state index in [-0.39, 0.29) is 34.7 Å². The smallest absolute Gasteiger partial charge is 0.309 e. The Bertz CT molecular complexity index is 781. The molecule has 4 saturated carbocycles. The summed E-state index contributed by atoms with van der Waals surface area (Å²) in [5.74, 6) is 1.62. The van der Waals surface area contributed by atoms with Gasteiger partial charge in [0, 0.05) is 25.4 Å². The first-order valence-corrected chi connectivity index (χ1v) is 14.5. The molecule has 0 aromatic heterocycles. The van der Waals surface area contributed by atoms with Crippen LogP contribution in [0.4, 0.5) is 0 Å². The van der Waals surface area contributed by atoms with Gasteiger partial charge in [-0.05, 0) is 99.3 Å². The molecule has 6 nitrogen and oxygen atoms in total. The van der Waals surface area contributed by atoms with Gasteiger partial charge in [-0.2, -0.15) is 0 Å². The van der Waals surface area contributed by atoms with E-state index in [9.17, 15) is 14.7 Å². The molecule has 0 amide bonds. The third-order valence-corrected chi connectivity index (χ3v) is 11.1. The molecular weight excluding hydrogens is 442 g/mol. The summed E-state index contributed by atoms with van der Waals surface area (Å²) in [7, 11) is 0. The molecule has 0 spiro atoms. The lowest BCUT2D eigenvalue weighted by molar-refractivity contribution is -0.167. The summed E-state index contributed by atoms with van der Waals surface area (Å²) in [6, 6.07) is 0. The van der Waals surface area contributed by atoms with Crippen molar-refractivity contribution in [1.82, 2.24) is 4.90 Å². The first kappa shape index (κ1) is 25.7. The number of morpholine rings is 1. The van der Waals surface area contributed by atoms with E-state index in [0.717, 1.165) is 97.1 Å². The Balaban J connectivity index is 1.14. The number of nitrogens with zero attached hydrogens (tertiary/aromatic N) is 1. The van der Waals surface area contributed by atoms with Gasteiger partial charge < -0.3 is 14.6 Å². The Hall–Kier alpha value is -0.980. The number of rotatable bonds is 7. The molecule has 35 heavy (non-hydrogen) atoms. The Labute approximate surface area is 211 Å². The van der Waals surface area contributed by atoms with Crippen molar-refractivity contribution in [3.63, 3.8) is 0 Å². The molecule has 5 rings (SSSR count). The van der Waals surface area contributed by atoms with Crippen LogP contribution in [0.2, 0.25) is 0 Å². The molecule has 1 saturated heterocycles. The predicted octanol–water partition coefficient (Wildman–Crippen LogP) is 4.23. The molecule has 1 N–H and O–H groups in total. The van der Waals surface area contributed by atoms with E-state index in [1.807, 2.05) is 0 Å². The molecule has 0 aromatic rings. The van der Waals surface area contributed by atoms with E-state index < -0.39 is 0 Å². The summed E-state index contributed by atoms with van der Waals surface area (Å²) in [5, 5.41) is 10.2. The van der Waals surface area contributed by atoms with Gasteiger partial charge in [-0.15, -0.1) is 0 Å². The van der Waals surface area contributed by atoms with E-state index in [2.05, 4.69) is 18.7 Å². The molecule has 198 valence electrons. The Morgan fingerprint density at radius 2 is 1.86 bits per heavy atom. The largest absolute Gasteiger partial charge is 0.465 e. The van der Waals surface area contributed by atoms with Crippen molar-refractivity contribution in [3.05, 3.63) is 0 Å². The van der Waals surface area contributed by atoms with Crippen LogP contribution in [0.3, 0.4) is 0 Å². The first-order chi connectivity index (χ1) is 16.8. The molecule has 5 aliphatic rings. The third-order valence-electron chi connectivity index (χ3n) is 11.1. The highest BCUT2D eigenvalue weighted by Crippen LogP contribution is 2.66. The van der Waals surface area contributed by atoms with Crippen molar-refractivity contribution in [3.8, 4) is 0 Å². The Morgan fingerprint density at radius 3 is 2.66 bits per heavy atom. The molecule has 4 aliphatic carbocycles. The van der Waals surface area contributed by atoms with E-state index >= 15 is 0 Å². The summed E-state index contributed by atoms with van der Waals surface area (Å²) < 4.78 is 11.2. The van der Waals surface area contributed by atoms with Crippen molar-refractivity contribution in [2.45, 2.75) is 90.6 Å². The molecule has 0 aromatic carbocycles. The molecule has 6 heteroatoms. The van der Waals surface area contributed by atoms with E-state index in [4.69, 9.17) is 9.47 Å². The zero-order chi connectivity index (χ0) is 24.6. The fourth-order valence-corrected chi connectivity index (χ4v) is 9.15. The normalized spacial score (nSPS) is 43.8. The van der Waals surface area contributed by atoms with Crippen LogP contribution >= 0.6 is 0 Å². The summed E-state index contributed by atoms with van der Waals surface area (Å²) in [4.78, 5) is 29.4. The number of unbranched alkanes of at least 4 members (excludes halogenated alkanes) is 2. The number of ether oxygens (including phenoxy) is 2. The average Bonchev–Trinajstić information content (AvgIpc) is 3.18. The van der Waals surface area contributed by atoms with E-state index in [1.165, 1.54) is 0 Å². The maximum absolute atomic E-state index is 13.7. The van der Waals surface area contributed by atoms with Gasteiger partial charge in [0.15, 0.2) is 0 Å². The number of carbonyl (C=O) groups excluding carboxylic acids is 2. The predicted molar refractivity (Wildman–Crippen MR) is 134 cm³/mol. The number of fused-ring (bicyclic) bond motifs is 5. The van der Waals surface area contributed by atoms with Crippen molar-refractivity contribution < 1.29 is 24.2 Å². The van der Waals surface area contributed by atoms with Crippen LogP contribution in [0.15, 0.2) is 0 Å². The molecular formula is C29H47NO5. The highest BCUT2D eigenvalue weighted by Gasteiger charge is 2.64. The molecule has 0 radical (unpaired) electrons. The summed E-state index contributed by atoms with van der Waals surface area (Å²) >= 11 is 0.